The molecule has 3 aliphatic heterocycles. The molecule has 0 aromatic heterocycles. The molecule has 83 heavy (non-hydrogen) atoms. The minimum atomic E-state index is -1.88. The van der Waals surface area contributed by atoms with E-state index in [9.17, 15) is 91.3 Å². The highest BCUT2D eigenvalue weighted by Gasteiger charge is 2.46. The van der Waals surface area contributed by atoms with Gasteiger partial charge in [0.15, 0.2) is 6.29 Å². The van der Waals surface area contributed by atoms with Gasteiger partial charge in [0.25, 0.3) is 0 Å². The van der Waals surface area contributed by atoms with Gasteiger partial charge in [0.05, 0.1) is 79.9 Å². The number of ether oxygens (including phenoxy) is 4. The molecule has 0 saturated carbocycles. The van der Waals surface area contributed by atoms with Crippen LogP contribution in [0.2, 0.25) is 0 Å². The maximum Gasteiger partial charge on any atom is 0.333 e. The molecule has 27 atom stereocenters. The number of aliphatic hydroxyl groups is 16. The van der Waals surface area contributed by atoms with Gasteiger partial charge in [-0.05, 0) is 76.7 Å². The summed E-state index contributed by atoms with van der Waals surface area (Å²) in [5, 5.41) is 175. The molecule has 0 aromatic carbocycles. The van der Waals surface area contributed by atoms with Crippen LogP contribution in [-0.4, -0.2) is 223 Å². The third-order valence-corrected chi connectivity index (χ3v) is 17.2. The topological polar surface area (TPSA) is 395 Å². The van der Waals surface area contributed by atoms with E-state index >= 15 is 0 Å². The van der Waals surface area contributed by atoms with E-state index in [0.717, 1.165) is 0 Å². The number of carbonyl (C=O) groups is 2. The van der Waals surface area contributed by atoms with Crippen molar-refractivity contribution in [2.24, 2.45) is 41.4 Å². The maximum absolute atomic E-state index is 13.5. The lowest BCUT2D eigenvalue weighted by Crippen LogP contribution is -2.60. The second-order valence-corrected chi connectivity index (χ2v) is 24.3. The van der Waals surface area contributed by atoms with Crippen molar-refractivity contribution < 1.29 is 110 Å². The Labute approximate surface area is 490 Å². The van der Waals surface area contributed by atoms with Crippen LogP contribution in [0.15, 0.2) is 59.8 Å². The van der Waals surface area contributed by atoms with Gasteiger partial charge in [0.2, 0.25) is 0 Å². The fourth-order valence-electron chi connectivity index (χ4n) is 10.9. The van der Waals surface area contributed by atoms with E-state index in [-0.39, 0.29) is 49.6 Å². The lowest BCUT2D eigenvalue weighted by Gasteiger charge is -2.41. The number of hydrogen-bond donors (Lipinski definition) is 16. The zero-order valence-corrected chi connectivity index (χ0v) is 50.0. The summed E-state index contributed by atoms with van der Waals surface area (Å²) in [6.07, 6.45) is -13.0. The molecule has 0 bridgehead atoms. The van der Waals surface area contributed by atoms with Crippen LogP contribution in [-0.2, 0) is 28.5 Å². The highest BCUT2D eigenvalue weighted by Crippen LogP contribution is 2.31. The first-order valence-corrected chi connectivity index (χ1v) is 29.8. The normalized spacial score (nSPS) is 45.6. The Balaban J connectivity index is 1.88. The van der Waals surface area contributed by atoms with Crippen LogP contribution in [0.25, 0.3) is 0 Å². The number of allylic oxidation sites excluding steroid dienone is 2. The Morgan fingerprint density at radius 3 is 1.76 bits per heavy atom. The first-order valence-electron chi connectivity index (χ1n) is 29.8. The van der Waals surface area contributed by atoms with Crippen molar-refractivity contribution in [3.63, 3.8) is 0 Å². The van der Waals surface area contributed by atoms with E-state index in [2.05, 4.69) is 0 Å². The van der Waals surface area contributed by atoms with E-state index in [1.165, 1.54) is 39.0 Å². The summed E-state index contributed by atoms with van der Waals surface area (Å²) in [5.41, 5.74) is 0.540. The summed E-state index contributed by atoms with van der Waals surface area (Å²) in [7, 11) is 0. The van der Waals surface area contributed by atoms with Crippen LogP contribution < -0.4 is 0 Å². The summed E-state index contributed by atoms with van der Waals surface area (Å²) in [6, 6.07) is 0. The average molecular weight is 1190 g/mol. The molecule has 22 heteroatoms. The molecule has 22 nitrogen and oxygen atoms in total. The molecule has 0 aliphatic carbocycles. The minimum absolute atomic E-state index is 0.118. The van der Waals surface area contributed by atoms with Crippen molar-refractivity contribution >= 4 is 11.9 Å². The molecule has 16 N–H and O–H groups in total. The number of carbonyl (C=O) groups excluding carboxylic acids is 2. The van der Waals surface area contributed by atoms with Gasteiger partial charge in [-0.2, -0.15) is 0 Å². The molecule has 2 fully saturated rings. The summed E-state index contributed by atoms with van der Waals surface area (Å²) < 4.78 is 22.9. The molecule has 0 aromatic rings. The van der Waals surface area contributed by atoms with E-state index < -0.39 is 183 Å². The quantitative estimate of drug-likeness (QED) is 0.135. The van der Waals surface area contributed by atoms with Crippen LogP contribution >= 0.6 is 0 Å². The van der Waals surface area contributed by atoms with Gasteiger partial charge in [0.1, 0.15) is 42.7 Å². The van der Waals surface area contributed by atoms with E-state index in [1.807, 2.05) is 13.0 Å². The highest BCUT2D eigenvalue weighted by atomic mass is 16.7. The number of aliphatic hydroxyl groups excluding tert-OH is 16. The molecule has 0 radical (unpaired) electrons. The van der Waals surface area contributed by atoms with Crippen molar-refractivity contribution in [2.75, 3.05) is 6.61 Å². The van der Waals surface area contributed by atoms with Crippen molar-refractivity contribution in [1.82, 2.24) is 0 Å². The summed E-state index contributed by atoms with van der Waals surface area (Å²) in [4.78, 5) is 25.5. The van der Waals surface area contributed by atoms with Crippen LogP contribution in [0.3, 0.4) is 0 Å². The van der Waals surface area contributed by atoms with Crippen molar-refractivity contribution in [2.45, 2.75) is 262 Å². The maximum atomic E-state index is 13.5. The van der Waals surface area contributed by atoms with Gasteiger partial charge in [-0.3, -0.25) is 4.79 Å². The Morgan fingerprint density at radius 2 is 1.17 bits per heavy atom. The van der Waals surface area contributed by atoms with Crippen molar-refractivity contribution in [3.05, 3.63) is 59.8 Å². The second-order valence-electron chi connectivity index (χ2n) is 24.3. The molecule has 22 unspecified atom stereocenters. The first-order chi connectivity index (χ1) is 38.9. The first kappa shape index (κ1) is 74.2. The zero-order chi connectivity index (χ0) is 62.6. The van der Waals surface area contributed by atoms with Gasteiger partial charge in [0, 0.05) is 66.8 Å². The molecule has 0 amide bonds. The standard InChI is InChI=1S/C61H104O22/c1-31-14-10-11-18-45(68)36(6)55(74)32(2)15-12-16-34(4)60(79)81-49(39(9)50-22-23-53(72)80-50)19-13-17-40(63)25-41(64)27-46(69)37(7)56(75)38(8)47(70)28-42(65)26-43(66)29-48(71)51(24-35(5)54(73)33(3)20-21-44(31)67)82-61-59(78)58(77)57(76)52(30-62)83-61/h10,13-14,16-17,20-21,24,31-33,36-52,54-59,61-71,73-78H,11-12,15,18-19,22-23,25-30H2,1-9H3/b14-10+,17-13+,21-20+,34-16+,35-24+/t31?,32?,33?,36?,37?,38?,39?,40?,41?,42?,43?,44?,45?,46?,47?,48?,49?,50?,51?,52-,54?,55?,56?,57-,58+,59+,61+/m1/s1. The van der Waals surface area contributed by atoms with Crippen molar-refractivity contribution in [1.29, 1.82) is 0 Å². The zero-order valence-electron chi connectivity index (χ0n) is 50.0. The summed E-state index contributed by atoms with van der Waals surface area (Å²) in [6.45, 7) is 14.2. The van der Waals surface area contributed by atoms with Gasteiger partial charge < -0.3 is 101 Å². The van der Waals surface area contributed by atoms with E-state index in [4.69, 9.17) is 18.9 Å². The smallest absolute Gasteiger partial charge is 0.333 e. The Morgan fingerprint density at radius 1 is 0.578 bits per heavy atom. The predicted molar refractivity (Wildman–Crippen MR) is 305 cm³/mol. The second kappa shape index (κ2) is 36.3. The van der Waals surface area contributed by atoms with E-state index in [0.29, 0.717) is 37.7 Å². The SMILES string of the molecule is C/C1=C\CCC(C)C(O)C(C)C(O)CC/C=C/C(C)C(O)/C=C/C(C)C(O)/C(C)=C/C(O[C@H]2O[C@H](CO)[C@@H](O)[C@H](O)[C@@H]2O)C(O)CC(O)CC(O)CC(O)C(C)C(O)C(C)C(O)CC(O)CC(O)/C=C/CC(C(C)C2CCC(=O)O2)OC1=O. The molecule has 3 heterocycles. The van der Waals surface area contributed by atoms with Crippen LogP contribution in [0.1, 0.15) is 139 Å². The number of cyclic esters (lactones) is 2. The van der Waals surface area contributed by atoms with Gasteiger partial charge in [-0.1, -0.05) is 97.1 Å². The highest BCUT2D eigenvalue weighted by molar-refractivity contribution is 5.87. The molecule has 3 aliphatic rings. The van der Waals surface area contributed by atoms with Gasteiger partial charge in [-0.15, -0.1) is 0 Å². The molecule has 2 saturated heterocycles. The predicted octanol–water partition coefficient (Wildman–Crippen LogP) is 1.05. The molecule has 480 valence electrons. The Bertz CT molecular complexity index is 2050. The number of hydrogen-bond acceptors (Lipinski definition) is 22. The lowest BCUT2D eigenvalue weighted by molar-refractivity contribution is -0.313. The molecule has 0 spiro atoms. The van der Waals surface area contributed by atoms with Crippen LogP contribution in [0, 0.1) is 41.4 Å². The Hall–Kier alpha value is -3.08. The number of rotatable bonds is 5. The monoisotopic (exact) mass is 1190 g/mol. The summed E-state index contributed by atoms with van der Waals surface area (Å²) >= 11 is 0. The molecular formula is C61H104O22. The fourth-order valence-corrected chi connectivity index (χ4v) is 10.9. The largest absolute Gasteiger partial charge is 0.462 e. The van der Waals surface area contributed by atoms with Crippen molar-refractivity contribution in [3.8, 4) is 0 Å². The van der Waals surface area contributed by atoms with E-state index in [1.54, 1.807) is 58.9 Å². The van der Waals surface area contributed by atoms with Crippen LogP contribution in [0.4, 0.5) is 0 Å². The third kappa shape index (κ3) is 23.9. The third-order valence-electron chi connectivity index (χ3n) is 17.2. The fraction of sp³-hybridized carbons (Fsp3) is 0.803. The molecular weight excluding hydrogens is 1080 g/mol. The number of esters is 2. The van der Waals surface area contributed by atoms with Gasteiger partial charge in [-0.25, -0.2) is 4.79 Å². The minimum Gasteiger partial charge on any atom is -0.462 e. The van der Waals surface area contributed by atoms with Gasteiger partial charge >= 0.3 is 11.9 Å². The average Bonchev–Trinajstić information content (AvgIpc) is 4.00. The summed E-state index contributed by atoms with van der Waals surface area (Å²) in [5.74, 6) is -5.08. The lowest BCUT2D eigenvalue weighted by atomic mass is 9.82. The molecule has 3 rings (SSSR count). The Kier molecular flexibility index (Phi) is 32.4. The van der Waals surface area contributed by atoms with Crippen LogP contribution in [0.5, 0.6) is 0 Å².